The van der Waals surface area contributed by atoms with Crippen LogP contribution >= 0.6 is 0 Å². The predicted molar refractivity (Wildman–Crippen MR) is 107 cm³/mol. The Morgan fingerprint density at radius 2 is 1.93 bits per heavy atom. The Morgan fingerprint density at radius 1 is 1.14 bits per heavy atom. The van der Waals surface area contributed by atoms with E-state index < -0.39 is 5.91 Å². The Morgan fingerprint density at radius 3 is 2.57 bits per heavy atom. The summed E-state index contributed by atoms with van der Waals surface area (Å²) in [5.74, 6) is 1.12. The number of ether oxygens (including phenoxy) is 1. The number of rotatable bonds is 8. The zero-order valence-corrected chi connectivity index (χ0v) is 16.8. The standard InChI is InChI=1S/C22H30N2O4/c1-3-24(4-2)22(27)17-6-5-7-19(12-17)23-20(25)14-28-21(26)13-18-11-15-8-9-16(18)10-15/h5-7,12,15-16,18H,3-4,8-11,13-14H2,1-2H3,(H,23,25)/t15-,16-,18-/m1/s1. The first-order chi connectivity index (χ1) is 13.5. The van der Waals surface area contributed by atoms with E-state index >= 15 is 0 Å². The van der Waals surface area contributed by atoms with Crippen LogP contribution in [0.1, 0.15) is 56.3 Å². The van der Waals surface area contributed by atoms with Gasteiger partial charge in [0.1, 0.15) is 0 Å². The molecule has 1 aromatic carbocycles. The molecule has 0 aromatic heterocycles. The molecule has 2 saturated carbocycles. The number of benzene rings is 1. The van der Waals surface area contributed by atoms with Gasteiger partial charge in [-0.15, -0.1) is 0 Å². The molecule has 6 nitrogen and oxygen atoms in total. The molecule has 0 heterocycles. The van der Waals surface area contributed by atoms with Crippen LogP contribution in [0, 0.1) is 17.8 Å². The van der Waals surface area contributed by atoms with Crippen LogP contribution in [0.5, 0.6) is 0 Å². The van der Waals surface area contributed by atoms with Gasteiger partial charge in [-0.1, -0.05) is 12.5 Å². The van der Waals surface area contributed by atoms with Gasteiger partial charge in [0.25, 0.3) is 11.8 Å². The van der Waals surface area contributed by atoms with Gasteiger partial charge in [-0.3, -0.25) is 14.4 Å². The number of nitrogens with one attached hydrogen (secondary N) is 1. The van der Waals surface area contributed by atoms with Crippen LogP contribution in [-0.4, -0.2) is 42.4 Å². The lowest BCUT2D eigenvalue weighted by molar-refractivity contribution is -0.148. The molecule has 3 atom stereocenters. The number of anilines is 1. The van der Waals surface area contributed by atoms with Crippen LogP contribution in [0.3, 0.4) is 0 Å². The summed E-state index contributed by atoms with van der Waals surface area (Å²) in [7, 11) is 0. The van der Waals surface area contributed by atoms with Gasteiger partial charge in [-0.05, 0) is 69.1 Å². The molecule has 6 heteroatoms. The summed E-state index contributed by atoms with van der Waals surface area (Å²) in [6.45, 7) is 4.82. The number of nitrogens with zero attached hydrogens (tertiary/aromatic N) is 1. The molecule has 3 rings (SSSR count). The minimum Gasteiger partial charge on any atom is -0.456 e. The summed E-state index contributed by atoms with van der Waals surface area (Å²) < 4.78 is 5.17. The van der Waals surface area contributed by atoms with Crippen molar-refractivity contribution in [1.82, 2.24) is 4.90 Å². The average molecular weight is 386 g/mol. The normalized spacial score (nSPS) is 22.7. The van der Waals surface area contributed by atoms with Gasteiger partial charge in [0.15, 0.2) is 6.61 Å². The zero-order chi connectivity index (χ0) is 20.1. The Bertz CT molecular complexity index is 729. The average Bonchev–Trinajstić information content (AvgIpc) is 3.30. The molecule has 2 aliphatic carbocycles. The first-order valence-electron chi connectivity index (χ1n) is 10.3. The second-order valence-electron chi connectivity index (χ2n) is 7.91. The van der Waals surface area contributed by atoms with Gasteiger partial charge in [0, 0.05) is 30.8 Å². The van der Waals surface area contributed by atoms with Crippen molar-refractivity contribution < 1.29 is 19.1 Å². The molecule has 0 unspecified atom stereocenters. The lowest BCUT2D eigenvalue weighted by Gasteiger charge is -2.20. The summed E-state index contributed by atoms with van der Waals surface area (Å²) in [5, 5.41) is 2.70. The highest BCUT2D eigenvalue weighted by molar-refractivity contribution is 5.97. The van der Waals surface area contributed by atoms with E-state index in [9.17, 15) is 14.4 Å². The molecule has 0 radical (unpaired) electrons. The van der Waals surface area contributed by atoms with Gasteiger partial charge in [0.2, 0.25) is 0 Å². The third-order valence-electron chi connectivity index (χ3n) is 6.12. The Kier molecular flexibility index (Phi) is 6.70. The van der Waals surface area contributed by atoms with Crippen molar-refractivity contribution in [2.24, 2.45) is 17.8 Å². The molecular formula is C22H30N2O4. The van der Waals surface area contributed by atoms with Gasteiger partial charge in [-0.25, -0.2) is 0 Å². The van der Waals surface area contributed by atoms with E-state index in [0.29, 0.717) is 42.6 Å². The van der Waals surface area contributed by atoms with Crippen molar-refractivity contribution in [3.05, 3.63) is 29.8 Å². The van der Waals surface area contributed by atoms with E-state index in [1.54, 1.807) is 29.2 Å². The van der Waals surface area contributed by atoms with Crippen LogP contribution in [0.2, 0.25) is 0 Å². The Labute approximate surface area is 166 Å². The maximum absolute atomic E-state index is 12.4. The monoisotopic (exact) mass is 386 g/mol. The van der Waals surface area contributed by atoms with E-state index in [1.807, 2.05) is 13.8 Å². The predicted octanol–water partition coefficient (Wildman–Crippen LogP) is 3.48. The van der Waals surface area contributed by atoms with Crippen molar-refractivity contribution in [2.45, 2.75) is 46.0 Å². The van der Waals surface area contributed by atoms with Crippen molar-refractivity contribution >= 4 is 23.5 Å². The highest BCUT2D eigenvalue weighted by Crippen LogP contribution is 2.49. The lowest BCUT2D eigenvalue weighted by atomic mass is 9.86. The topological polar surface area (TPSA) is 75.7 Å². The largest absolute Gasteiger partial charge is 0.456 e. The second kappa shape index (κ2) is 9.22. The molecule has 2 bridgehead atoms. The minimum atomic E-state index is -0.395. The molecule has 0 aliphatic heterocycles. The quantitative estimate of drug-likeness (QED) is 0.694. The van der Waals surface area contributed by atoms with E-state index in [2.05, 4.69) is 5.32 Å². The fraction of sp³-hybridized carbons (Fsp3) is 0.591. The second-order valence-corrected chi connectivity index (χ2v) is 7.91. The molecular weight excluding hydrogens is 356 g/mol. The number of hydrogen-bond acceptors (Lipinski definition) is 4. The van der Waals surface area contributed by atoms with Crippen LogP contribution in [-0.2, 0) is 14.3 Å². The molecule has 0 saturated heterocycles. The van der Waals surface area contributed by atoms with Crippen LogP contribution in [0.4, 0.5) is 5.69 Å². The maximum Gasteiger partial charge on any atom is 0.306 e. The summed E-state index contributed by atoms with van der Waals surface area (Å²) in [5.41, 5.74) is 1.04. The Hall–Kier alpha value is -2.37. The van der Waals surface area contributed by atoms with Crippen LogP contribution in [0.15, 0.2) is 24.3 Å². The van der Waals surface area contributed by atoms with Crippen molar-refractivity contribution in [1.29, 1.82) is 0 Å². The summed E-state index contributed by atoms with van der Waals surface area (Å²) in [6.07, 6.45) is 5.32. The first kappa shape index (κ1) is 20.4. The maximum atomic E-state index is 12.4. The van der Waals surface area contributed by atoms with E-state index in [0.717, 1.165) is 12.3 Å². The molecule has 2 aliphatic rings. The van der Waals surface area contributed by atoms with Crippen LogP contribution < -0.4 is 5.32 Å². The van der Waals surface area contributed by atoms with Gasteiger partial charge in [-0.2, -0.15) is 0 Å². The highest BCUT2D eigenvalue weighted by atomic mass is 16.5. The van der Waals surface area contributed by atoms with E-state index in [1.165, 1.54) is 19.3 Å². The first-order valence-corrected chi connectivity index (χ1v) is 10.3. The third kappa shape index (κ3) is 4.91. The summed E-state index contributed by atoms with van der Waals surface area (Å²) in [6, 6.07) is 6.82. The molecule has 1 aromatic rings. The number of carbonyl (C=O) groups is 3. The van der Waals surface area contributed by atoms with Crippen LogP contribution in [0.25, 0.3) is 0 Å². The lowest BCUT2D eigenvalue weighted by Crippen LogP contribution is -2.30. The van der Waals surface area contributed by atoms with Crippen molar-refractivity contribution in [3.63, 3.8) is 0 Å². The molecule has 2 fully saturated rings. The third-order valence-corrected chi connectivity index (χ3v) is 6.12. The van der Waals surface area contributed by atoms with Gasteiger partial charge >= 0.3 is 5.97 Å². The number of carbonyl (C=O) groups excluding carboxylic acids is 3. The number of fused-ring (bicyclic) bond motifs is 2. The number of hydrogen-bond donors (Lipinski definition) is 1. The highest BCUT2D eigenvalue weighted by Gasteiger charge is 2.40. The van der Waals surface area contributed by atoms with Gasteiger partial charge in [0.05, 0.1) is 0 Å². The fourth-order valence-electron chi connectivity index (χ4n) is 4.67. The summed E-state index contributed by atoms with van der Waals surface area (Å²) in [4.78, 5) is 38.3. The fourth-order valence-corrected chi connectivity index (χ4v) is 4.67. The zero-order valence-electron chi connectivity index (χ0n) is 16.8. The molecule has 0 spiro atoms. The summed E-state index contributed by atoms with van der Waals surface area (Å²) >= 11 is 0. The van der Waals surface area contributed by atoms with Crippen molar-refractivity contribution in [2.75, 3.05) is 25.0 Å². The minimum absolute atomic E-state index is 0.0709. The SMILES string of the molecule is CCN(CC)C(=O)c1cccc(NC(=O)COC(=O)C[C@H]2C[C@@H]3CC[C@@H]2C3)c1. The van der Waals surface area contributed by atoms with E-state index in [4.69, 9.17) is 4.74 Å². The molecule has 152 valence electrons. The molecule has 28 heavy (non-hydrogen) atoms. The molecule has 2 amide bonds. The van der Waals surface area contributed by atoms with E-state index in [-0.39, 0.29) is 18.5 Å². The molecule has 1 N–H and O–H groups in total. The number of amides is 2. The van der Waals surface area contributed by atoms with Crippen molar-refractivity contribution in [3.8, 4) is 0 Å². The number of esters is 1. The van der Waals surface area contributed by atoms with Gasteiger partial charge < -0.3 is 15.0 Å². The Balaban J connectivity index is 1.46. The smallest absolute Gasteiger partial charge is 0.306 e.